The first-order chi connectivity index (χ1) is 10.6. The van der Waals surface area contributed by atoms with Crippen molar-refractivity contribution in [2.45, 2.75) is 19.4 Å². The largest absolute Gasteiger partial charge is 0.372 e. The number of hydrogen-bond acceptors (Lipinski definition) is 3. The fraction of sp³-hybridized carbons (Fsp3) is 0.176. The minimum Gasteiger partial charge on any atom is -0.372 e. The Hall–Kier alpha value is -2.82. The van der Waals surface area contributed by atoms with Crippen molar-refractivity contribution in [2.24, 2.45) is 0 Å². The molecule has 2 aromatic rings. The van der Waals surface area contributed by atoms with Crippen LogP contribution in [0.5, 0.6) is 0 Å². The number of carbonyl (C=O) groups excluding carboxylic acids is 2. The lowest BCUT2D eigenvalue weighted by molar-refractivity contribution is -0.122. The van der Waals surface area contributed by atoms with Crippen LogP contribution in [-0.4, -0.2) is 17.9 Å². The second kappa shape index (κ2) is 5.89. The van der Waals surface area contributed by atoms with Crippen LogP contribution in [0.4, 0.5) is 17.1 Å². The summed E-state index contributed by atoms with van der Waals surface area (Å²) in [5.41, 5.74) is 3.38. The summed E-state index contributed by atoms with van der Waals surface area (Å²) in [6, 6.07) is 14.4. The number of rotatable bonds is 3. The number of para-hydroxylation sites is 2. The van der Waals surface area contributed by atoms with E-state index in [1.54, 1.807) is 0 Å². The first-order valence-corrected chi connectivity index (χ1v) is 7.15. The van der Waals surface area contributed by atoms with Gasteiger partial charge in [-0.3, -0.25) is 9.59 Å². The summed E-state index contributed by atoms with van der Waals surface area (Å²) in [5.74, 6) is -0.393. The standard InChI is InChI=1S/C17H17N3O2/c1-11-5-4-6-12(9-11)18-16(21)10-15-17(22)20-14-8-3-2-7-13(14)19-15/h2-9,15,19H,10H2,1H3,(H,18,21)(H,20,22)/t15-/m0/s1. The Bertz CT molecular complexity index is 727. The molecule has 1 aliphatic rings. The average Bonchev–Trinajstić information content (AvgIpc) is 2.48. The molecule has 2 aromatic carbocycles. The SMILES string of the molecule is Cc1cccc(NC(=O)C[C@@H]2Nc3ccccc3NC2=O)c1. The van der Waals surface area contributed by atoms with Gasteiger partial charge in [0.05, 0.1) is 17.8 Å². The van der Waals surface area contributed by atoms with Gasteiger partial charge in [-0.1, -0.05) is 24.3 Å². The highest BCUT2D eigenvalue weighted by molar-refractivity contribution is 6.06. The van der Waals surface area contributed by atoms with E-state index in [9.17, 15) is 9.59 Å². The first kappa shape index (κ1) is 14.1. The van der Waals surface area contributed by atoms with Crippen molar-refractivity contribution in [3.63, 3.8) is 0 Å². The summed E-state index contributed by atoms with van der Waals surface area (Å²) in [4.78, 5) is 24.2. The highest BCUT2D eigenvalue weighted by atomic mass is 16.2. The molecule has 1 atom stereocenters. The maximum absolute atomic E-state index is 12.1. The van der Waals surface area contributed by atoms with Crippen LogP contribution in [0.3, 0.4) is 0 Å². The van der Waals surface area contributed by atoms with Crippen molar-refractivity contribution < 1.29 is 9.59 Å². The summed E-state index contributed by atoms with van der Waals surface area (Å²) in [7, 11) is 0. The van der Waals surface area contributed by atoms with Gasteiger partial charge in [0.1, 0.15) is 6.04 Å². The third kappa shape index (κ3) is 3.09. The maximum Gasteiger partial charge on any atom is 0.247 e. The molecule has 5 heteroatoms. The summed E-state index contributed by atoms with van der Waals surface area (Å²) >= 11 is 0. The van der Waals surface area contributed by atoms with E-state index in [-0.39, 0.29) is 18.2 Å². The maximum atomic E-state index is 12.1. The van der Waals surface area contributed by atoms with Gasteiger partial charge in [0, 0.05) is 5.69 Å². The molecule has 0 saturated carbocycles. The Morgan fingerprint density at radius 1 is 1.14 bits per heavy atom. The Labute approximate surface area is 128 Å². The highest BCUT2D eigenvalue weighted by Crippen LogP contribution is 2.26. The van der Waals surface area contributed by atoms with Crippen LogP contribution in [0.2, 0.25) is 0 Å². The van der Waals surface area contributed by atoms with E-state index in [1.165, 1.54) is 0 Å². The molecular formula is C17H17N3O2. The molecule has 0 fully saturated rings. The van der Waals surface area contributed by atoms with Crippen LogP contribution in [0, 0.1) is 6.92 Å². The van der Waals surface area contributed by atoms with Crippen molar-refractivity contribution in [1.29, 1.82) is 0 Å². The van der Waals surface area contributed by atoms with Gasteiger partial charge in [0.25, 0.3) is 0 Å². The molecule has 0 unspecified atom stereocenters. The molecule has 3 N–H and O–H groups in total. The zero-order valence-corrected chi connectivity index (χ0v) is 12.2. The van der Waals surface area contributed by atoms with Gasteiger partial charge in [-0.15, -0.1) is 0 Å². The molecule has 22 heavy (non-hydrogen) atoms. The lowest BCUT2D eigenvalue weighted by Crippen LogP contribution is -2.41. The van der Waals surface area contributed by atoms with Crippen molar-refractivity contribution >= 4 is 28.9 Å². The quantitative estimate of drug-likeness (QED) is 0.815. The Balaban J connectivity index is 1.66. The van der Waals surface area contributed by atoms with Crippen LogP contribution >= 0.6 is 0 Å². The van der Waals surface area contributed by atoms with Crippen molar-refractivity contribution in [3.8, 4) is 0 Å². The van der Waals surface area contributed by atoms with Gasteiger partial charge in [-0.05, 0) is 36.8 Å². The molecule has 3 rings (SSSR count). The predicted molar refractivity (Wildman–Crippen MR) is 86.9 cm³/mol. The highest BCUT2D eigenvalue weighted by Gasteiger charge is 2.27. The van der Waals surface area contributed by atoms with Crippen LogP contribution in [-0.2, 0) is 9.59 Å². The third-order valence-corrected chi connectivity index (χ3v) is 3.52. The lowest BCUT2D eigenvalue weighted by atomic mass is 10.1. The Kier molecular flexibility index (Phi) is 3.78. The molecule has 1 aliphatic heterocycles. The predicted octanol–water partition coefficient (Wildman–Crippen LogP) is 2.76. The van der Waals surface area contributed by atoms with Crippen LogP contribution in [0.25, 0.3) is 0 Å². The van der Waals surface area contributed by atoms with E-state index in [2.05, 4.69) is 16.0 Å². The second-order valence-electron chi connectivity index (χ2n) is 5.35. The summed E-state index contributed by atoms with van der Waals surface area (Å²) in [6.45, 7) is 1.96. The molecule has 0 saturated heterocycles. The van der Waals surface area contributed by atoms with Crippen LogP contribution < -0.4 is 16.0 Å². The molecule has 0 aromatic heterocycles. The van der Waals surface area contributed by atoms with E-state index < -0.39 is 6.04 Å². The fourth-order valence-corrected chi connectivity index (χ4v) is 2.46. The zero-order chi connectivity index (χ0) is 15.5. The molecule has 1 heterocycles. The minimum atomic E-state index is -0.570. The monoisotopic (exact) mass is 295 g/mol. The number of amides is 2. The van der Waals surface area contributed by atoms with E-state index in [1.807, 2.05) is 55.5 Å². The van der Waals surface area contributed by atoms with Gasteiger partial charge in [0.15, 0.2) is 0 Å². The number of anilines is 3. The molecule has 0 spiro atoms. The molecule has 112 valence electrons. The summed E-state index contributed by atoms with van der Waals surface area (Å²) in [6.07, 6.45) is 0.0775. The van der Waals surface area contributed by atoms with Gasteiger partial charge >= 0.3 is 0 Å². The number of benzene rings is 2. The van der Waals surface area contributed by atoms with Gasteiger partial charge in [0.2, 0.25) is 11.8 Å². The third-order valence-electron chi connectivity index (χ3n) is 3.52. The lowest BCUT2D eigenvalue weighted by Gasteiger charge is -2.26. The van der Waals surface area contributed by atoms with E-state index >= 15 is 0 Å². The van der Waals surface area contributed by atoms with Crippen LogP contribution in [0.15, 0.2) is 48.5 Å². The minimum absolute atomic E-state index is 0.0775. The normalized spacial score (nSPS) is 16.2. The first-order valence-electron chi connectivity index (χ1n) is 7.15. The molecule has 0 aliphatic carbocycles. The number of aryl methyl sites for hydroxylation is 1. The van der Waals surface area contributed by atoms with E-state index in [4.69, 9.17) is 0 Å². The zero-order valence-electron chi connectivity index (χ0n) is 12.2. The van der Waals surface area contributed by atoms with E-state index in [0.29, 0.717) is 0 Å². The Morgan fingerprint density at radius 3 is 2.68 bits per heavy atom. The number of nitrogens with one attached hydrogen (secondary N) is 3. The topological polar surface area (TPSA) is 70.2 Å². The number of carbonyl (C=O) groups is 2. The van der Waals surface area contributed by atoms with Crippen molar-refractivity contribution in [3.05, 3.63) is 54.1 Å². The second-order valence-corrected chi connectivity index (χ2v) is 5.35. The van der Waals surface area contributed by atoms with Crippen molar-refractivity contribution in [2.75, 3.05) is 16.0 Å². The van der Waals surface area contributed by atoms with Gasteiger partial charge in [-0.25, -0.2) is 0 Å². The smallest absolute Gasteiger partial charge is 0.247 e. The number of fused-ring (bicyclic) bond motifs is 1. The molecule has 2 amide bonds. The van der Waals surface area contributed by atoms with E-state index in [0.717, 1.165) is 22.6 Å². The van der Waals surface area contributed by atoms with Crippen molar-refractivity contribution in [1.82, 2.24) is 0 Å². The van der Waals surface area contributed by atoms with Gasteiger partial charge in [-0.2, -0.15) is 0 Å². The molecule has 0 radical (unpaired) electrons. The number of hydrogen-bond donors (Lipinski definition) is 3. The Morgan fingerprint density at radius 2 is 1.91 bits per heavy atom. The molecule has 5 nitrogen and oxygen atoms in total. The molecular weight excluding hydrogens is 278 g/mol. The summed E-state index contributed by atoms with van der Waals surface area (Å²) < 4.78 is 0. The van der Waals surface area contributed by atoms with Gasteiger partial charge < -0.3 is 16.0 Å². The fourth-order valence-electron chi connectivity index (χ4n) is 2.46. The van der Waals surface area contributed by atoms with Crippen LogP contribution in [0.1, 0.15) is 12.0 Å². The summed E-state index contributed by atoms with van der Waals surface area (Å²) in [5, 5.41) is 8.72. The molecule has 0 bridgehead atoms. The average molecular weight is 295 g/mol.